The molecule has 0 fully saturated rings. The predicted octanol–water partition coefficient (Wildman–Crippen LogP) is 4.12. The van der Waals surface area contributed by atoms with Crippen molar-refractivity contribution in [2.75, 3.05) is 10.2 Å². The van der Waals surface area contributed by atoms with Crippen LogP contribution < -0.4 is 10.2 Å². The molecule has 0 spiro atoms. The number of hydrogen-bond donors (Lipinski definition) is 1. The molecule has 1 N–H and O–H groups in total. The molecular formula is C21H20N4O. The summed E-state index contributed by atoms with van der Waals surface area (Å²) in [5.74, 6) is 1.05. The average molecular weight is 344 g/mol. The number of nitrogens with zero attached hydrogens (tertiary/aromatic N) is 3. The van der Waals surface area contributed by atoms with Crippen molar-refractivity contribution in [1.82, 2.24) is 10.2 Å². The van der Waals surface area contributed by atoms with Crippen molar-refractivity contribution >= 4 is 23.2 Å². The second-order valence-electron chi connectivity index (χ2n) is 6.65. The van der Waals surface area contributed by atoms with Crippen LogP contribution in [0.2, 0.25) is 0 Å². The quantitative estimate of drug-likeness (QED) is 0.776. The molecule has 3 aromatic rings. The predicted molar refractivity (Wildman–Crippen MR) is 103 cm³/mol. The number of nitrogens with one attached hydrogen (secondary N) is 1. The number of carbonyl (C=O) groups excluding carboxylic acids is 1. The Balaban J connectivity index is 1.53. The van der Waals surface area contributed by atoms with Crippen LogP contribution in [0.5, 0.6) is 0 Å². The SMILES string of the molecule is Cc1cccc(C(=O)Nc2ccc(N3c4ccccc4CC3C)nn2)c1. The lowest BCUT2D eigenvalue weighted by molar-refractivity contribution is 0.102. The van der Waals surface area contributed by atoms with Crippen molar-refractivity contribution < 1.29 is 4.79 Å². The fraction of sp³-hybridized carbons (Fsp3) is 0.190. The summed E-state index contributed by atoms with van der Waals surface area (Å²) in [5, 5.41) is 11.3. The molecule has 0 saturated heterocycles. The van der Waals surface area contributed by atoms with E-state index in [2.05, 4.69) is 45.5 Å². The summed E-state index contributed by atoms with van der Waals surface area (Å²) in [7, 11) is 0. The van der Waals surface area contributed by atoms with Gasteiger partial charge in [-0.3, -0.25) is 4.79 Å². The van der Waals surface area contributed by atoms with Gasteiger partial charge in [0.25, 0.3) is 5.91 Å². The van der Waals surface area contributed by atoms with Crippen molar-refractivity contribution in [2.45, 2.75) is 26.3 Å². The van der Waals surface area contributed by atoms with Crippen molar-refractivity contribution in [2.24, 2.45) is 0 Å². The molecule has 1 aromatic heterocycles. The Kier molecular flexibility index (Phi) is 4.13. The number of para-hydroxylation sites is 1. The van der Waals surface area contributed by atoms with Crippen LogP contribution in [0, 0.1) is 6.92 Å². The molecule has 4 rings (SSSR count). The number of fused-ring (bicyclic) bond motifs is 1. The molecule has 26 heavy (non-hydrogen) atoms. The molecule has 5 heteroatoms. The first-order valence-corrected chi connectivity index (χ1v) is 8.71. The number of aromatic nitrogens is 2. The Bertz CT molecular complexity index is 952. The Morgan fingerprint density at radius 3 is 2.69 bits per heavy atom. The molecule has 1 atom stereocenters. The third-order valence-electron chi connectivity index (χ3n) is 4.63. The van der Waals surface area contributed by atoms with Crippen LogP contribution >= 0.6 is 0 Å². The van der Waals surface area contributed by atoms with E-state index in [-0.39, 0.29) is 5.91 Å². The Labute approximate surface area is 152 Å². The number of hydrogen-bond acceptors (Lipinski definition) is 4. The highest BCUT2D eigenvalue weighted by molar-refractivity contribution is 6.03. The maximum atomic E-state index is 12.3. The van der Waals surface area contributed by atoms with E-state index >= 15 is 0 Å². The van der Waals surface area contributed by atoms with Crippen molar-refractivity contribution in [3.05, 3.63) is 77.4 Å². The zero-order valence-corrected chi connectivity index (χ0v) is 14.8. The lowest BCUT2D eigenvalue weighted by Crippen LogP contribution is -2.25. The molecule has 0 radical (unpaired) electrons. The molecule has 1 aliphatic rings. The second-order valence-corrected chi connectivity index (χ2v) is 6.65. The highest BCUT2D eigenvalue weighted by Gasteiger charge is 2.27. The summed E-state index contributed by atoms with van der Waals surface area (Å²) < 4.78 is 0. The highest BCUT2D eigenvalue weighted by Crippen LogP contribution is 2.36. The molecule has 1 amide bonds. The van der Waals surface area contributed by atoms with Crippen LogP contribution in [-0.4, -0.2) is 22.1 Å². The molecule has 0 bridgehead atoms. The Morgan fingerprint density at radius 1 is 1.08 bits per heavy atom. The minimum absolute atomic E-state index is 0.185. The number of anilines is 3. The zero-order chi connectivity index (χ0) is 18.1. The van der Waals surface area contributed by atoms with Gasteiger partial charge in [-0.2, -0.15) is 0 Å². The van der Waals surface area contributed by atoms with Gasteiger partial charge in [-0.15, -0.1) is 10.2 Å². The minimum atomic E-state index is -0.185. The van der Waals surface area contributed by atoms with Gasteiger partial charge >= 0.3 is 0 Å². The van der Waals surface area contributed by atoms with Gasteiger partial charge in [-0.1, -0.05) is 35.9 Å². The molecule has 5 nitrogen and oxygen atoms in total. The van der Waals surface area contributed by atoms with E-state index in [1.165, 1.54) is 11.3 Å². The molecule has 1 aliphatic heterocycles. The average Bonchev–Trinajstić information content (AvgIpc) is 2.98. The summed E-state index contributed by atoms with van der Waals surface area (Å²) in [4.78, 5) is 14.5. The first-order valence-electron chi connectivity index (χ1n) is 8.71. The third-order valence-corrected chi connectivity index (χ3v) is 4.63. The molecule has 0 aliphatic carbocycles. The maximum Gasteiger partial charge on any atom is 0.256 e. The molecule has 2 aromatic carbocycles. The smallest absolute Gasteiger partial charge is 0.256 e. The van der Waals surface area contributed by atoms with Crippen molar-refractivity contribution in [1.29, 1.82) is 0 Å². The lowest BCUT2D eigenvalue weighted by atomic mass is 10.1. The number of amides is 1. The van der Waals surface area contributed by atoms with Crippen LogP contribution in [0.25, 0.3) is 0 Å². The first kappa shape index (κ1) is 16.3. The van der Waals surface area contributed by atoms with Gasteiger partial charge in [0, 0.05) is 17.3 Å². The molecule has 0 saturated carbocycles. The van der Waals surface area contributed by atoms with Crippen LogP contribution in [0.4, 0.5) is 17.3 Å². The number of carbonyl (C=O) groups is 1. The number of aryl methyl sites for hydroxylation is 1. The summed E-state index contributed by atoms with van der Waals surface area (Å²) in [6.07, 6.45) is 0.990. The van der Waals surface area contributed by atoms with Gasteiger partial charge < -0.3 is 10.2 Å². The fourth-order valence-electron chi connectivity index (χ4n) is 3.41. The van der Waals surface area contributed by atoms with Crippen molar-refractivity contribution in [3.8, 4) is 0 Å². The van der Waals surface area contributed by atoms with Crippen LogP contribution in [0.3, 0.4) is 0 Å². The standard InChI is InChI=1S/C21H20N4O/c1-14-6-5-8-17(12-14)21(26)22-19-10-11-20(24-23-19)25-15(2)13-16-7-3-4-9-18(16)25/h3-12,15H,13H2,1-2H3,(H,22,23,26). The molecule has 1 unspecified atom stereocenters. The largest absolute Gasteiger partial charge is 0.321 e. The van der Waals surface area contributed by atoms with Gasteiger partial charge in [-0.25, -0.2) is 0 Å². The summed E-state index contributed by atoms with van der Waals surface area (Å²) in [6, 6.07) is 19.8. The van der Waals surface area contributed by atoms with E-state index in [4.69, 9.17) is 0 Å². The Hall–Kier alpha value is -3.21. The van der Waals surface area contributed by atoms with Crippen LogP contribution in [-0.2, 0) is 6.42 Å². The normalized spacial score (nSPS) is 15.6. The van der Waals surface area contributed by atoms with Gasteiger partial charge in [-0.05, 0) is 56.2 Å². The van der Waals surface area contributed by atoms with Gasteiger partial charge in [0.2, 0.25) is 0 Å². The number of rotatable bonds is 3. The molecule has 130 valence electrons. The van der Waals surface area contributed by atoms with E-state index in [9.17, 15) is 4.79 Å². The van der Waals surface area contributed by atoms with E-state index < -0.39 is 0 Å². The third kappa shape index (κ3) is 3.04. The minimum Gasteiger partial charge on any atom is -0.321 e. The van der Waals surface area contributed by atoms with Crippen LogP contribution in [0.1, 0.15) is 28.4 Å². The van der Waals surface area contributed by atoms with Crippen LogP contribution in [0.15, 0.2) is 60.7 Å². The second kappa shape index (κ2) is 6.59. The maximum absolute atomic E-state index is 12.3. The first-order chi connectivity index (χ1) is 12.6. The van der Waals surface area contributed by atoms with Gasteiger partial charge in [0.15, 0.2) is 11.6 Å². The lowest BCUT2D eigenvalue weighted by Gasteiger charge is -2.23. The summed E-state index contributed by atoms with van der Waals surface area (Å²) in [6.45, 7) is 4.13. The molecule has 2 heterocycles. The van der Waals surface area contributed by atoms with Gasteiger partial charge in [0.1, 0.15) is 0 Å². The monoisotopic (exact) mass is 344 g/mol. The topological polar surface area (TPSA) is 58.1 Å². The Morgan fingerprint density at radius 2 is 1.92 bits per heavy atom. The van der Waals surface area contributed by atoms with E-state index in [0.717, 1.165) is 17.8 Å². The van der Waals surface area contributed by atoms with Crippen molar-refractivity contribution in [3.63, 3.8) is 0 Å². The highest BCUT2D eigenvalue weighted by atomic mass is 16.1. The summed E-state index contributed by atoms with van der Waals surface area (Å²) >= 11 is 0. The fourth-order valence-corrected chi connectivity index (χ4v) is 3.41. The van der Waals surface area contributed by atoms with E-state index in [0.29, 0.717) is 17.4 Å². The summed E-state index contributed by atoms with van der Waals surface area (Å²) in [5.41, 5.74) is 4.14. The van der Waals surface area contributed by atoms with E-state index in [1.807, 2.05) is 37.3 Å². The van der Waals surface area contributed by atoms with Gasteiger partial charge in [0.05, 0.1) is 0 Å². The number of benzene rings is 2. The van der Waals surface area contributed by atoms with E-state index in [1.54, 1.807) is 12.1 Å². The zero-order valence-electron chi connectivity index (χ0n) is 14.8. The molecular weight excluding hydrogens is 324 g/mol.